The highest BCUT2D eigenvalue weighted by Crippen LogP contribution is 2.17. The monoisotopic (exact) mass is 229 g/mol. The number of hydrogen-bond acceptors (Lipinski definition) is 2. The third-order valence-electron chi connectivity index (χ3n) is 2.15. The van der Waals surface area contributed by atoms with E-state index in [4.69, 9.17) is 10.5 Å². The molecule has 3 heteroatoms. The predicted octanol–water partition coefficient (Wildman–Crippen LogP) is 3.31. The van der Waals surface area contributed by atoms with Gasteiger partial charge in [0.1, 0.15) is 5.75 Å². The van der Waals surface area contributed by atoms with Gasteiger partial charge in [0.05, 0.1) is 6.61 Å². The summed E-state index contributed by atoms with van der Waals surface area (Å²) < 4.78 is 5.58. The molecule has 0 aromatic heterocycles. The number of rotatable bonds is 5. The maximum atomic E-state index is 5.78. The van der Waals surface area contributed by atoms with Crippen LogP contribution in [0.25, 0.3) is 0 Å². The summed E-state index contributed by atoms with van der Waals surface area (Å²) in [6, 6.07) is 8.07. The number of nitrogens with two attached hydrogens (primary N) is 1. The van der Waals surface area contributed by atoms with Gasteiger partial charge in [0.15, 0.2) is 0 Å². The fraction of sp³-hybridized carbons (Fsp3) is 0.500. The van der Waals surface area contributed by atoms with Crippen molar-refractivity contribution in [3.63, 3.8) is 0 Å². The lowest BCUT2D eigenvalue weighted by Gasteiger charge is -2.09. The van der Waals surface area contributed by atoms with Crippen LogP contribution in [0, 0.1) is 0 Å². The Morgan fingerprint density at radius 2 is 2.13 bits per heavy atom. The Labute approximate surface area is 98.2 Å². The van der Waals surface area contributed by atoms with Crippen molar-refractivity contribution >= 4 is 12.4 Å². The number of ether oxygens (including phenoxy) is 1. The molecule has 1 atom stereocenters. The van der Waals surface area contributed by atoms with Crippen LogP contribution in [0.5, 0.6) is 5.75 Å². The van der Waals surface area contributed by atoms with Crippen molar-refractivity contribution in [3.05, 3.63) is 29.8 Å². The second-order valence-electron chi connectivity index (χ2n) is 3.56. The summed E-state index contributed by atoms with van der Waals surface area (Å²) in [5.41, 5.74) is 6.91. The zero-order valence-electron chi connectivity index (χ0n) is 9.40. The maximum absolute atomic E-state index is 5.78. The van der Waals surface area contributed by atoms with Crippen LogP contribution < -0.4 is 10.5 Å². The van der Waals surface area contributed by atoms with E-state index in [1.165, 1.54) is 0 Å². The van der Waals surface area contributed by atoms with E-state index in [1.54, 1.807) is 0 Å². The molecule has 0 aliphatic heterocycles. The van der Waals surface area contributed by atoms with Gasteiger partial charge in [-0.15, -0.1) is 12.4 Å². The third kappa shape index (κ3) is 5.05. The maximum Gasteiger partial charge on any atom is 0.119 e. The lowest BCUT2D eigenvalue weighted by molar-refractivity contribution is 0.309. The van der Waals surface area contributed by atoms with Crippen molar-refractivity contribution in [2.75, 3.05) is 6.61 Å². The molecule has 0 amide bonds. The summed E-state index contributed by atoms with van der Waals surface area (Å²) in [7, 11) is 0. The molecule has 0 saturated carbocycles. The van der Waals surface area contributed by atoms with Crippen molar-refractivity contribution in [3.8, 4) is 5.75 Å². The first-order valence-corrected chi connectivity index (χ1v) is 5.22. The molecule has 1 unspecified atom stereocenters. The molecule has 15 heavy (non-hydrogen) atoms. The van der Waals surface area contributed by atoms with Gasteiger partial charge in [-0.3, -0.25) is 0 Å². The minimum atomic E-state index is 0. The van der Waals surface area contributed by atoms with Gasteiger partial charge in [0, 0.05) is 6.04 Å². The highest BCUT2D eigenvalue weighted by Gasteiger charge is 2.00. The first-order valence-electron chi connectivity index (χ1n) is 5.22. The highest BCUT2D eigenvalue weighted by atomic mass is 35.5. The van der Waals surface area contributed by atoms with Gasteiger partial charge in [-0.05, 0) is 31.0 Å². The fourth-order valence-electron chi connectivity index (χ4n) is 1.22. The molecule has 1 aromatic rings. The van der Waals surface area contributed by atoms with Crippen molar-refractivity contribution in [2.45, 2.75) is 32.7 Å². The minimum Gasteiger partial charge on any atom is -0.494 e. The van der Waals surface area contributed by atoms with E-state index >= 15 is 0 Å². The van der Waals surface area contributed by atoms with E-state index in [0.29, 0.717) is 0 Å². The summed E-state index contributed by atoms with van der Waals surface area (Å²) in [4.78, 5) is 0. The number of unbranched alkanes of at least 4 members (excludes halogenated alkanes) is 1. The lowest BCUT2D eigenvalue weighted by Crippen LogP contribution is -2.05. The molecule has 86 valence electrons. The summed E-state index contributed by atoms with van der Waals surface area (Å²) in [5, 5.41) is 0. The van der Waals surface area contributed by atoms with Gasteiger partial charge in [0.25, 0.3) is 0 Å². The van der Waals surface area contributed by atoms with Gasteiger partial charge >= 0.3 is 0 Å². The molecule has 0 aliphatic rings. The van der Waals surface area contributed by atoms with Crippen molar-refractivity contribution in [1.29, 1.82) is 0 Å². The standard InChI is InChI=1S/C12H19NO.ClH/c1-3-4-8-14-12-7-5-6-11(9-12)10(2)13;/h5-7,9-10H,3-4,8,13H2,1-2H3;1H. The van der Waals surface area contributed by atoms with Crippen LogP contribution in [-0.2, 0) is 0 Å². The molecule has 0 radical (unpaired) electrons. The van der Waals surface area contributed by atoms with Crippen LogP contribution in [0.15, 0.2) is 24.3 Å². The topological polar surface area (TPSA) is 35.2 Å². The van der Waals surface area contributed by atoms with Crippen molar-refractivity contribution in [1.82, 2.24) is 0 Å². The Bertz CT molecular complexity index is 276. The summed E-state index contributed by atoms with van der Waals surface area (Å²) >= 11 is 0. The predicted molar refractivity (Wildman–Crippen MR) is 66.7 cm³/mol. The molecule has 1 aromatic carbocycles. The molecule has 2 N–H and O–H groups in total. The van der Waals surface area contributed by atoms with E-state index in [-0.39, 0.29) is 18.4 Å². The lowest BCUT2D eigenvalue weighted by atomic mass is 10.1. The molecule has 0 saturated heterocycles. The second-order valence-corrected chi connectivity index (χ2v) is 3.56. The quantitative estimate of drug-likeness (QED) is 0.787. The van der Waals surface area contributed by atoms with Gasteiger partial charge in [-0.25, -0.2) is 0 Å². The van der Waals surface area contributed by atoms with Gasteiger partial charge in [-0.2, -0.15) is 0 Å². The average molecular weight is 230 g/mol. The van der Waals surface area contributed by atoms with Crippen LogP contribution in [0.3, 0.4) is 0 Å². The van der Waals surface area contributed by atoms with E-state index in [9.17, 15) is 0 Å². The highest BCUT2D eigenvalue weighted by molar-refractivity contribution is 5.85. The largest absolute Gasteiger partial charge is 0.494 e. The third-order valence-corrected chi connectivity index (χ3v) is 2.15. The average Bonchev–Trinajstić information content (AvgIpc) is 2.19. The van der Waals surface area contributed by atoms with Crippen LogP contribution in [0.4, 0.5) is 0 Å². The molecule has 0 fully saturated rings. The van der Waals surface area contributed by atoms with Crippen LogP contribution in [0.2, 0.25) is 0 Å². The number of benzene rings is 1. The summed E-state index contributed by atoms with van der Waals surface area (Å²) in [5.74, 6) is 0.924. The molecule has 0 bridgehead atoms. The molecule has 0 aliphatic carbocycles. The summed E-state index contributed by atoms with van der Waals surface area (Å²) in [6.07, 6.45) is 2.26. The molecule has 0 heterocycles. The molecule has 1 rings (SSSR count). The van der Waals surface area contributed by atoms with Crippen LogP contribution >= 0.6 is 12.4 Å². The van der Waals surface area contributed by atoms with Crippen LogP contribution in [-0.4, -0.2) is 6.61 Å². The molecule has 2 nitrogen and oxygen atoms in total. The second kappa shape index (κ2) is 7.55. The van der Waals surface area contributed by atoms with Gasteiger partial charge < -0.3 is 10.5 Å². The number of halogens is 1. The van der Waals surface area contributed by atoms with Crippen molar-refractivity contribution < 1.29 is 4.74 Å². The molecular formula is C12H20ClNO. The Hall–Kier alpha value is -0.730. The fourth-order valence-corrected chi connectivity index (χ4v) is 1.22. The van der Waals surface area contributed by atoms with E-state index in [2.05, 4.69) is 6.92 Å². The zero-order valence-corrected chi connectivity index (χ0v) is 10.2. The minimum absolute atomic E-state index is 0. The van der Waals surface area contributed by atoms with Crippen LogP contribution in [0.1, 0.15) is 38.3 Å². The van der Waals surface area contributed by atoms with Crippen molar-refractivity contribution in [2.24, 2.45) is 5.73 Å². The van der Waals surface area contributed by atoms with Gasteiger partial charge in [0.2, 0.25) is 0 Å². The Morgan fingerprint density at radius 1 is 1.40 bits per heavy atom. The Morgan fingerprint density at radius 3 is 2.73 bits per heavy atom. The normalized spacial score (nSPS) is 11.7. The Kier molecular flexibility index (Phi) is 7.18. The SMILES string of the molecule is CCCCOc1cccc(C(C)N)c1.Cl. The first kappa shape index (κ1) is 14.3. The van der Waals surface area contributed by atoms with E-state index < -0.39 is 0 Å². The van der Waals surface area contributed by atoms with E-state index in [1.807, 2.05) is 31.2 Å². The first-order chi connectivity index (χ1) is 6.74. The zero-order chi connectivity index (χ0) is 10.4. The van der Waals surface area contributed by atoms with Gasteiger partial charge in [-0.1, -0.05) is 25.5 Å². The summed E-state index contributed by atoms with van der Waals surface area (Å²) in [6.45, 7) is 4.92. The Balaban J connectivity index is 0.00000196. The molecular weight excluding hydrogens is 210 g/mol. The smallest absolute Gasteiger partial charge is 0.119 e. The number of hydrogen-bond donors (Lipinski definition) is 1. The van der Waals surface area contributed by atoms with E-state index in [0.717, 1.165) is 30.8 Å². The molecule has 0 spiro atoms.